The Morgan fingerprint density at radius 3 is 2.85 bits per heavy atom. The van der Waals surface area contributed by atoms with Gasteiger partial charge in [-0.3, -0.25) is 14.2 Å². The number of nitrogen functional groups attached to an aromatic ring is 1. The van der Waals surface area contributed by atoms with E-state index in [1.165, 1.54) is 4.57 Å². The Morgan fingerprint density at radius 1 is 1.35 bits per heavy atom. The van der Waals surface area contributed by atoms with Crippen molar-refractivity contribution in [2.45, 2.75) is 19.4 Å². The number of nitrogens with one attached hydrogen (secondary N) is 1. The fourth-order valence-electron chi connectivity index (χ4n) is 2.33. The predicted octanol–water partition coefficient (Wildman–Crippen LogP) is 1.11. The molecule has 5 nitrogen and oxygen atoms in total. The average Bonchev–Trinajstić information content (AvgIpc) is 3.27. The van der Waals surface area contributed by atoms with Crippen LogP contribution in [0.2, 0.25) is 0 Å². The third kappa shape index (κ3) is 2.39. The molecule has 0 bridgehead atoms. The first-order chi connectivity index (χ1) is 9.66. The largest absolute Gasteiger partial charge is 0.385 e. The summed E-state index contributed by atoms with van der Waals surface area (Å²) in [5, 5.41) is 4.33. The smallest absolute Gasteiger partial charge is 0.260 e. The molecule has 2 aromatic rings. The van der Waals surface area contributed by atoms with E-state index < -0.39 is 0 Å². The lowest BCUT2D eigenvalue weighted by atomic mass is 10.1. The van der Waals surface area contributed by atoms with E-state index in [1.54, 1.807) is 12.1 Å². The van der Waals surface area contributed by atoms with Gasteiger partial charge in [-0.1, -0.05) is 18.2 Å². The van der Waals surface area contributed by atoms with Gasteiger partial charge in [0.05, 0.1) is 0 Å². The SMILES string of the molecule is Nc1cc2ccccc2c(=O)n1CCNC(=O)C1CC1. The van der Waals surface area contributed by atoms with Gasteiger partial charge in [-0.2, -0.15) is 0 Å². The number of nitrogens with two attached hydrogens (primary N) is 1. The fraction of sp³-hybridized carbons (Fsp3) is 0.333. The quantitative estimate of drug-likeness (QED) is 0.874. The maximum Gasteiger partial charge on any atom is 0.260 e. The summed E-state index contributed by atoms with van der Waals surface area (Å²) in [6.45, 7) is 0.825. The van der Waals surface area contributed by atoms with Crippen molar-refractivity contribution in [3.05, 3.63) is 40.7 Å². The van der Waals surface area contributed by atoms with Gasteiger partial charge >= 0.3 is 0 Å². The standard InChI is InChI=1S/C15H17N3O2/c16-13-9-11-3-1-2-4-12(11)15(20)18(13)8-7-17-14(19)10-5-6-10/h1-4,9-10H,5-8,16H2,(H,17,19). The summed E-state index contributed by atoms with van der Waals surface area (Å²) >= 11 is 0. The van der Waals surface area contributed by atoms with E-state index in [1.807, 2.05) is 18.2 Å². The summed E-state index contributed by atoms with van der Waals surface area (Å²) in [6.07, 6.45) is 1.95. The first-order valence-corrected chi connectivity index (χ1v) is 6.82. The number of carbonyl (C=O) groups excluding carboxylic acids is 1. The molecule has 3 rings (SSSR count). The molecule has 5 heteroatoms. The van der Waals surface area contributed by atoms with E-state index >= 15 is 0 Å². The van der Waals surface area contributed by atoms with Crippen LogP contribution in [0.5, 0.6) is 0 Å². The van der Waals surface area contributed by atoms with Gasteiger partial charge in [-0.25, -0.2) is 0 Å². The van der Waals surface area contributed by atoms with Crippen LogP contribution in [0.15, 0.2) is 35.1 Å². The minimum Gasteiger partial charge on any atom is -0.385 e. The minimum absolute atomic E-state index is 0.0809. The number of rotatable bonds is 4. The zero-order valence-electron chi connectivity index (χ0n) is 11.1. The van der Waals surface area contributed by atoms with Gasteiger partial charge < -0.3 is 11.1 Å². The third-order valence-corrected chi connectivity index (χ3v) is 3.63. The van der Waals surface area contributed by atoms with Gasteiger partial charge in [0.15, 0.2) is 0 Å². The normalized spacial score (nSPS) is 14.4. The monoisotopic (exact) mass is 271 g/mol. The predicted molar refractivity (Wildman–Crippen MR) is 78.4 cm³/mol. The molecule has 0 radical (unpaired) electrons. The summed E-state index contributed by atoms with van der Waals surface area (Å²) in [5.74, 6) is 0.687. The van der Waals surface area contributed by atoms with Gasteiger partial charge in [-0.05, 0) is 30.4 Å². The van der Waals surface area contributed by atoms with Gasteiger partial charge in [-0.15, -0.1) is 0 Å². The van der Waals surface area contributed by atoms with Crippen LogP contribution in [0.1, 0.15) is 12.8 Å². The lowest BCUT2D eigenvalue weighted by Crippen LogP contribution is -2.32. The van der Waals surface area contributed by atoms with Crippen LogP contribution in [-0.2, 0) is 11.3 Å². The first kappa shape index (κ1) is 12.7. The molecule has 1 saturated carbocycles. The molecular formula is C15H17N3O2. The van der Waals surface area contributed by atoms with Gasteiger partial charge in [0.1, 0.15) is 5.82 Å². The van der Waals surface area contributed by atoms with Crippen LogP contribution in [0, 0.1) is 5.92 Å². The van der Waals surface area contributed by atoms with E-state index in [-0.39, 0.29) is 17.4 Å². The van der Waals surface area contributed by atoms with Crippen molar-refractivity contribution in [1.29, 1.82) is 0 Å². The van der Waals surface area contributed by atoms with Crippen LogP contribution >= 0.6 is 0 Å². The lowest BCUT2D eigenvalue weighted by molar-refractivity contribution is -0.122. The average molecular weight is 271 g/mol. The number of pyridine rings is 1. The summed E-state index contributed by atoms with van der Waals surface area (Å²) in [5.41, 5.74) is 5.82. The van der Waals surface area contributed by atoms with E-state index in [0.29, 0.717) is 24.3 Å². The zero-order chi connectivity index (χ0) is 14.1. The van der Waals surface area contributed by atoms with Crippen LogP contribution in [0.3, 0.4) is 0 Å². The summed E-state index contributed by atoms with van der Waals surface area (Å²) in [4.78, 5) is 23.9. The molecule has 0 unspecified atom stereocenters. The number of amides is 1. The molecule has 0 aliphatic heterocycles. The summed E-state index contributed by atoms with van der Waals surface area (Å²) in [7, 11) is 0. The molecule has 1 amide bonds. The number of carbonyl (C=O) groups is 1. The van der Waals surface area contributed by atoms with Crippen LogP contribution in [0.4, 0.5) is 5.82 Å². The first-order valence-electron chi connectivity index (χ1n) is 6.82. The topological polar surface area (TPSA) is 77.1 Å². The summed E-state index contributed by atoms with van der Waals surface area (Å²) < 4.78 is 1.51. The number of hydrogen-bond acceptors (Lipinski definition) is 3. The van der Waals surface area contributed by atoms with Crippen LogP contribution in [-0.4, -0.2) is 17.0 Å². The maximum absolute atomic E-state index is 12.3. The van der Waals surface area contributed by atoms with Crippen molar-refractivity contribution in [2.75, 3.05) is 12.3 Å². The van der Waals surface area contributed by atoms with Crippen molar-refractivity contribution in [1.82, 2.24) is 9.88 Å². The Morgan fingerprint density at radius 2 is 2.10 bits per heavy atom. The Hall–Kier alpha value is -2.30. The van der Waals surface area contributed by atoms with Crippen molar-refractivity contribution < 1.29 is 4.79 Å². The molecule has 1 fully saturated rings. The van der Waals surface area contributed by atoms with E-state index in [0.717, 1.165) is 18.2 Å². The van der Waals surface area contributed by atoms with Gasteiger partial charge in [0.2, 0.25) is 5.91 Å². The highest BCUT2D eigenvalue weighted by molar-refractivity contribution is 5.83. The second-order valence-electron chi connectivity index (χ2n) is 5.18. The molecule has 1 aromatic heterocycles. The van der Waals surface area contributed by atoms with Crippen LogP contribution in [0.25, 0.3) is 10.8 Å². The number of aromatic nitrogens is 1. The molecule has 1 aliphatic carbocycles. The summed E-state index contributed by atoms with van der Waals surface area (Å²) in [6, 6.07) is 9.16. The fourth-order valence-corrected chi connectivity index (χ4v) is 2.33. The Kier molecular flexibility index (Phi) is 3.18. The van der Waals surface area contributed by atoms with Crippen LogP contribution < -0.4 is 16.6 Å². The van der Waals surface area contributed by atoms with Gasteiger partial charge in [0.25, 0.3) is 5.56 Å². The second-order valence-corrected chi connectivity index (χ2v) is 5.18. The molecule has 1 aromatic carbocycles. The molecule has 0 atom stereocenters. The highest BCUT2D eigenvalue weighted by Crippen LogP contribution is 2.28. The third-order valence-electron chi connectivity index (χ3n) is 3.63. The highest BCUT2D eigenvalue weighted by Gasteiger charge is 2.29. The van der Waals surface area contributed by atoms with Crippen molar-refractivity contribution >= 4 is 22.5 Å². The molecule has 20 heavy (non-hydrogen) atoms. The number of benzene rings is 1. The van der Waals surface area contributed by atoms with Crippen molar-refractivity contribution in [3.8, 4) is 0 Å². The second kappa shape index (κ2) is 5.00. The maximum atomic E-state index is 12.3. The molecule has 1 aliphatic rings. The zero-order valence-corrected chi connectivity index (χ0v) is 11.1. The molecular weight excluding hydrogens is 254 g/mol. The molecule has 0 saturated heterocycles. The number of hydrogen-bond donors (Lipinski definition) is 2. The number of nitrogens with zero attached hydrogens (tertiary/aromatic N) is 1. The molecule has 0 spiro atoms. The van der Waals surface area contributed by atoms with E-state index in [9.17, 15) is 9.59 Å². The molecule has 1 heterocycles. The van der Waals surface area contributed by atoms with Gasteiger partial charge in [0, 0.05) is 24.4 Å². The molecule has 3 N–H and O–H groups in total. The highest BCUT2D eigenvalue weighted by atomic mass is 16.2. The minimum atomic E-state index is -0.110. The van der Waals surface area contributed by atoms with Crippen molar-refractivity contribution in [3.63, 3.8) is 0 Å². The van der Waals surface area contributed by atoms with Crippen molar-refractivity contribution in [2.24, 2.45) is 5.92 Å². The molecule has 104 valence electrons. The van der Waals surface area contributed by atoms with E-state index in [4.69, 9.17) is 5.73 Å². The van der Waals surface area contributed by atoms with E-state index in [2.05, 4.69) is 5.32 Å². The number of anilines is 1. The lowest BCUT2D eigenvalue weighted by Gasteiger charge is -2.11. The Bertz CT molecular complexity index is 717. The Labute approximate surface area is 116 Å². The Balaban J connectivity index is 1.80. The number of fused-ring (bicyclic) bond motifs is 1.